The van der Waals surface area contributed by atoms with Gasteiger partial charge in [-0.3, -0.25) is 9.48 Å². The van der Waals surface area contributed by atoms with E-state index in [2.05, 4.69) is 10.00 Å². The average molecular weight is 399 g/mol. The first-order chi connectivity index (χ1) is 13.5. The molecule has 1 fully saturated rings. The molecule has 1 aliphatic rings. The van der Waals surface area contributed by atoms with Gasteiger partial charge in [0.25, 0.3) is 5.91 Å². The van der Waals surface area contributed by atoms with Crippen LogP contribution in [-0.4, -0.2) is 46.8 Å². The molecule has 1 amide bonds. The monoisotopic (exact) mass is 398 g/mol. The number of piperazine rings is 1. The molecule has 4 rings (SSSR count). The molecule has 3 aromatic rings. The molecule has 0 N–H and O–H groups in total. The number of halogens is 1. The lowest BCUT2D eigenvalue weighted by atomic mass is 10.2. The van der Waals surface area contributed by atoms with Crippen LogP contribution in [-0.2, 0) is 6.54 Å². The van der Waals surface area contributed by atoms with E-state index >= 15 is 0 Å². The normalized spacial score (nSPS) is 14.5. The first-order valence-corrected chi connectivity index (χ1v) is 9.77. The molecule has 1 aliphatic heterocycles. The number of carbonyl (C=O) groups excluding carboxylic acids is 1. The van der Waals surface area contributed by atoms with Crippen molar-refractivity contribution in [1.82, 2.24) is 14.7 Å². The lowest BCUT2D eigenvalue weighted by Gasteiger charge is -2.35. The third-order valence-electron chi connectivity index (χ3n) is 5.04. The van der Waals surface area contributed by atoms with Crippen molar-refractivity contribution in [3.63, 3.8) is 0 Å². The van der Waals surface area contributed by atoms with Crippen LogP contribution in [0.15, 0.2) is 46.9 Å². The number of hydrogen-bond donors (Lipinski definition) is 0. The van der Waals surface area contributed by atoms with Crippen LogP contribution in [0.3, 0.4) is 0 Å². The highest BCUT2D eigenvalue weighted by molar-refractivity contribution is 6.30. The molecule has 2 aromatic heterocycles. The van der Waals surface area contributed by atoms with E-state index in [1.165, 1.54) is 0 Å². The van der Waals surface area contributed by atoms with Gasteiger partial charge in [-0.2, -0.15) is 5.10 Å². The molecule has 0 spiro atoms. The van der Waals surface area contributed by atoms with E-state index in [1.54, 1.807) is 6.07 Å². The smallest absolute Gasteiger partial charge is 0.289 e. The van der Waals surface area contributed by atoms with Gasteiger partial charge in [0, 0.05) is 42.6 Å². The van der Waals surface area contributed by atoms with Crippen LogP contribution in [0.1, 0.15) is 27.7 Å². The molecule has 0 atom stereocenters. The zero-order valence-electron chi connectivity index (χ0n) is 16.1. The lowest BCUT2D eigenvalue weighted by Crippen LogP contribution is -2.48. The number of carbonyl (C=O) groups is 1. The number of hydrogen-bond acceptors (Lipinski definition) is 4. The predicted octanol–water partition coefficient (Wildman–Crippen LogP) is 3.76. The minimum Gasteiger partial charge on any atom is -0.454 e. The van der Waals surface area contributed by atoms with E-state index in [-0.39, 0.29) is 5.91 Å². The number of furan rings is 1. The fourth-order valence-electron chi connectivity index (χ4n) is 3.54. The second-order valence-corrected chi connectivity index (χ2v) is 7.54. The number of aromatic nitrogens is 2. The Morgan fingerprint density at radius 3 is 2.43 bits per heavy atom. The van der Waals surface area contributed by atoms with Crippen molar-refractivity contribution in [2.45, 2.75) is 20.4 Å². The second kappa shape index (κ2) is 7.72. The van der Waals surface area contributed by atoms with Gasteiger partial charge in [0.1, 0.15) is 5.76 Å². The number of benzene rings is 1. The molecular weight excluding hydrogens is 376 g/mol. The second-order valence-electron chi connectivity index (χ2n) is 7.11. The quantitative estimate of drug-likeness (QED) is 0.671. The third-order valence-corrected chi connectivity index (χ3v) is 5.29. The van der Waals surface area contributed by atoms with E-state index in [0.717, 1.165) is 40.9 Å². The average Bonchev–Trinajstić information content (AvgIpc) is 3.28. The topological polar surface area (TPSA) is 54.5 Å². The Hall–Kier alpha value is -2.73. The maximum atomic E-state index is 12.8. The molecule has 0 aliphatic carbocycles. The van der Waals surface area contributed by atoms with Crippen LogP contribution in [0.5, 0.6) is 0 Å². The molecule has 1 aromatic carbocycles. The zero-order chi connectivity index (χ0) is 19.7. The van der Waals surface area contributed by atoms with Crippen molar-refractivity contribution in [2.75, 3.05) is 31.1 Å². The third kappa shape index (κ3) is 3.92. The predicted molar refractivity (Wildman–Crippen MR) is 109 cm³/mol. The van der Waals surface area contributed by atoms with Crippen LogP contribution in [0.4, 0.5) is 5.69 Å². The summed E-state index contributed by atoms with van der Waals surface area (Å²) in [6, 6.07) is 13.4. The van der Waals surface area contributed by atoms with Crippen LogP contribution in [0.2, 0.25) is 5.02 Å². The van der Waals surface area contributed by atoms with Gasteiger partial charge in [-0.1, -0.05) is 11.6 Å². The van der Waals surface area contributed by atoms with Gasteiger partial charge in [0.15, 0.2) is 5.76 Å². The van der Waals surface area contributed by atoms with Crippen molar-refractivity contribution in [3.05, 3.63) is 70.4 Å². The molecule has 3 heterocycles. The Labute approximate surface area is 169 Å². The summed E-state index contributed by atoms with van der Waals surface area (Å²) in [4.78, 5) is 16.9. The molecule has 1 saturated heterocycles. The Kier molecular flexibility index (Phi) is 5.13. The van der Waals surface area contributed by atoms with Gasteiger partial charge in [-0.25, -0.2) is 0 Å². The van der Waals surface area contributed by atoms with Crippen molar-refractivity contribution >= 4 is 23.2 Å². The standard InChI is InChI=1S/C21H23ClN4O2/c1-15-13-16(2)26(23-15)14-19-7-8-20(28-19)21(27)25-11-9-24(10-12-25)18-5-3-17(22)4-6-18/h3-8,13H,9-12,14H2,1-2H3. The van der Waals surface area contributed by atoms with E-state index in [1.807, 2.05) is 59.8 Å². The summed E-state index contributed by atoms with van der Waals surface area (Å²) in [5.41, 5.74) is 3.17. The highest BCUT2D eigenvalue weighted by Gasteiger charge is 2.24. The molecule has 0 bridgehead atoms. The fourth-order valence-corrected chi connectivity index (χ4v) is 3.66. The summed E-state index contributed by atoms with van der Waals surface area (Å²) in [7, 11) is 0. The molecular formula is C21H23ClN4O2. The van der Waals surface area contributed by atoms with Gasteiger partial charge >= 0.3 is 0 Å². The fraction of sp³-hybridized carbons (Fsp3) is 0.333. The van der Waals surface area contributed by atoms with E-state index in [4.69, 9.17) is 16.0 Å². The van der Waals surface area contributed by atoms with Crippen LogP contribution in [0, 0.1) is 13.8 Å². The van der Waals surface area contributed by atoms with Gasteiger partial charge in [-0.05, 0) is 56.3 Å². The van der Waals surface area contributed by atoms with Gasteiger partial charge in [0.05, 0.1) is 12.2 Å². The molecule has 0 radical (unpaired) electrons. The summed E-state index contributed by atoms with van der Waals surface area (Å²) < 4.78 is 7.69. The zero-order valence-corrected chi connectivity index (χ0v) is 16.8. The Morgan fingerprint density at radius 2 is 1.79 bits per heavy atom. The molecule has 7 heteroatoms. The Balaban J connectivity index is 1.37. The van der Waals surface area contributed by atoms with Gasteiger partial charge in [0.2, 0.25) is 0 Å². The summed E-state index contributed by atoms with van der Waals surface area (Å²) in [5, 5.41) is 5.17. The van der Waals surface area contributed by atoms with Crippen LogP contribution < -0.4 is 4.90 Å². The lowest BCUT2D eigenvalue weighted by molar-refractivity contribution is 0.0712. The van der Waals surface area contributed by atoms with Gasteiger partial charge < -0.3 is 14.2 Å². The van der Waals surface area contributed by atoms with E-state index < -0.39 is 0 Å². The Morgan fingerprint density at radius 1 is 1.07 bits per heavy atom. The largest absolute Gasteiger partial charge is 0.454 e. The molecule has 146 valence electrons. The number of aryl methyl sites for hydroxylation is 2. The summed E-state index contributed by atoms with van der Waals surface area (Å²) in [6.07, 6.45) is 0. The van der Waals surface area contributed by atoms with Crippen molar-refractivity contribution < 1.29 is 9.21 Å². The SMILES string of the molecule is Cc1cc(C)n(Cc2ccc(C(=O)N3CCN(c4ccc(Cl)cc4)CC3)o2)n1. The minimum atomic E-state index is -0.0598. The summed E-state index contributed by atoms with van der Waals surface area (Å²) >= 11 is 5.96. The summed E-state index contributed by atoms with van der Waals surface area (Å²) in [5.74, 6) is 1.06. The van der Waals surface area contributed by atoms with E-state index in [0.29, 0.717) is 25.4 Å². The number of nitrogens with zero attached hydrogens (tertiary/aromatic N) is 4. The highest BCUT2D eigenvalue weighted by Crippen LogP contribution is 2.20. The molecule has 28 heavy (non-hydrogen) atoms. The minimum absolute atomic E-state index is 0.0598. The van der Waals surface area contributed by atoms with Crippen LogP contribution in [0.25, 0.3) is 0 Å². The molecule has 0 unspecified atom stereocenters. The van der Waals surface area contributed by atoms with Crippen LogP contribution >= 0.6 is 11.6 Å². The highest BCUT2D eigenvalue weighted by atomic mass is 35.5. The van der Waals surface area contributed by atoms with Crippen molar-refractivity contribution in [1.29, 1.82) is 0 Å². The first kappa shape index (κ1) is 18.6. The van der Waals surface area contributed by atoms with Crippen molar-refractivity contribution in [2.24, 2.45) is 0 Å². The maximum Gasteiger partial charge on any atom is 0.289 e. The number of amides is 1. The van der Waals surface area contributed by atoms with E-state index in [9.17, 15) is 4.79 Å². The maximum absolute atomic E-state index is 12.8. The Bertz CT molecular complexity index is 969. The van der Waals surface area contributed by atoms with Gasteiger partial charge in [-0.15, -0.1) is 0 Å². The number of rotatable bonds is 4. The van der Waals surface area contributed by atoms with Crippen molar-refractivity contribution in [3.8, 4) is 0 Å². The molecule has 6 nitrogen and oxygen atoms in total. The number of anilines is 1. The molecule has 0 saturated carbocycles. The first-order valence-electron chi connectivity index (χ1n) is 9.39. The summed E-state index contributed by atoms with van der Waals surface area (Å²) in [6.45, 7) is 7.39.